The highest BCUT2D eigenvalue weighted by atomic mass is 32.2. The molecule has 3 unspecified atom stereocenters. The first-order chi connectivity index (χ1) is 7.12. The molecule has 0 saturated heterocycles. The average Bonchev–Trinajstić information content (AvgIpc) is 2.14. The quantitative estimate of drug-likeness (QED) is 0.813. The van der Waals surface area contributed by atoms with Gasteiger partial charge in [-0.1, -0.05) is 27.2 Å². The number of hydrogen-bond donors (Lipinski definition) is 1. The third kappa shape index (κ3) is 3.45. The van der Waals surface area contributed by atoms with Crippen molar-refractivity contribution in [2.75, 3.05) is 6.26 Å². The van der Waals surface area contributed by atoms with Crippen LogP contribution in [0.1, 0.15) is 46.5 Å². The Labute approximate surface area is 99.2 Å². The van der Waals surface area contributed by atoms with Gasteiger partial charge in [-0.15, -0.1) is 0 Å². The van der Waals surface area contributed by atoms with Crippen LogP contribution in [0.4, 0.5) is 0 Å². The van der Waals surface area contributed by atoms with E-state index < -0.39 is 15.9 Å². The molecule has 1 N–H and O–H groups in total. The Morgan fingerprint density at radius 3 is 2.25 bits per heavy atom. The summed E-state index contributed by atoms with van der Waals surface area (Å²) in [5, 5.41) is 9.95. The normalized spacial score (nSPS) is 30.1. The monoisotopic (exact) mass is 248 g/mol. The molecule has 0 bridgehead atoms. The van der Waals surface area contributed by atoms with E-state index in [9.17, 15) is 13.5 Å². The largest absolute Gasteiger partial charge is 0.392 e. The van der Waals surface area contributed by atoms with Crippen LogP contribution in [0, 0.1) is 11.3 Å². The predicted octanol–water partition coefficient (Wildman–Crippen LogP) is 2.00. The maximum Gasteiger partial charge on any atom is 0.150 e. The summed E-state index contributed by atoms with van der Waals surface area (Å²) in [7, 11) is -2.95. The lowest BCUT2D eigenvalue weighted by atomic mass is 9.75. The van der Waals surface area contributed by atoms with Gasteiger partial charge in [0.1, 0.15) is 9.84 Å². The minimum absolute atomic E-state index is 0.133. The molecule has 1 aliphatic carbocycles. The van der Waals surface area contributed by atoms with E-state index in [1.807, 2.05) is 20.8 Å². The van der Waals surface area contributed by atoms with Crippen molar-refractivity contribution in [2.45, 2.75) is 57.8 Å². The van der Waals surface area contributed by atoms with Crippen LogP contribution in [0.5, 0.6) is 0 Å². The molecular formula is C12H24O3S. The molecule has 1 fully saturated rings. The van der Waals surface area contributed by atoms with E-state index in [4.69, 9.17) is 0 Å². The van der Waals surface area contributed by atoms with Crippen LogP contribution in [0.15, 0.2) is 0 Å². The van der Waals surface area contributed by atoms with Crippen molar-refractivity contribution >= 4 is 9.84 Å². The molecule has 4 heteroatoms. The van der Waals surface area contributed by atoms with Crippen molar-refractivity contribution in [2.24, 2.45) is 11.3 Å². The Hall–Kier alpha value is -0.0900. The van der Waals surface area contributed by atoms with Gasteiger partial charge in [-0.3, -0.25) is 0 Å². The van der Waals surface area contributed by atoms with Crippen molar-refractivity contribution in [3.63, 3.8) is 0 Å². The fourth-order valence-corrected chi connectivity index (χ4v) is 3.76. The van der Waals surface area contributed by atoms with Gasteiger partial charge in [-0.05, 0) is 30.6 Å². The topological polar surface area (TPSA) is 54.4 Å². The van der Waals surface area contributed by atoms with E-state index in [1.54, 1.807) is 0 Å². The number of aliphatic hydroxyl groups excluding tert-OH is 1. The molecule has 0 spiro atoms. The van der Waals surface area contributed by atoms with E-state index >= 15 is 0 Å². The molecule has 0 amide bonds. The number of aliphatic hydroxyl groups is 1. The zero-order valence-corrected chi connectivity index (χ0v) is 11.5. The zero-order chi connectivity index (χ0) is 12.6. The number of rotatable bonds is 2. The highest BCUT2D eigenvalue weighted by molar-refractivity contribution is 7.91. The van der Waals surface area contributed by atoms with Crippen molar-refractivity contribution in [3.8, 4) is 0 Å². The highest BCUT2D eigenvalue weighted by Crippen LogP contribution is 2.36. The van der Waals surface area contributed by atoms with Crippen LogP contribution < -0.4 is 0 Å². The lowest BCUT2D eigenvalue weighted by molar-refractivity contribution is -0.00137. The summed E-state index contributed by atoms with van der Waals surface area (Å²) in [6, 6.07) is 0. The van der Waals surface area contributed by atoms with Crippen LogP contribution in [0.3, 0.4) is 0 Å². The maximum atomic E-state index is 11.5. The Morgan fingerprint density at radius 2 is 1.81 bits per heavy atom. The first kappa shape index (κ1) is 14.0. The fraction of sp³-hybridized carbons (Fsp3) is 1.00. The van der Waals surface area contributed by atoms with Crippen LogP contribution in [-0.2, 0) is 9.84 Å². The SMILES string of the molecule is CC(C)(C)C(O)C1CCCC(S(C)(=O)=O)C1. The van der Waals surface area contributed by atoms with Crippen LogP contribution >= 0.6 is 0 Å². The Kier molecular flexibility index (Phi) is 4.06. The van der Waals surface area contributed by atoms with Crippen LogP contribution in [0.2, 0.25) is 0 Å². The first-order valence-corrected chi connectivity index (χ1v) is 7.95. The fourth-order valence-electron chi connectivity index (χ4n) is 2.56. The summed E-state index contributed by atoms with van der Waals surface area (Å²) in [6.07, 6.45) is 4.14. The predicted molar refractivity (Wildman–Crippen MR) is 66.1 cm³/mol. The molecule has 0 aromatic rings. The smallest absolute Gasteiger partial charge is 0.150 e. The Balaban J connectivity index is 2.72. The second-order valence-electron chi connectivity index (χ2n) is 6.19. The van der Waals surface area contributed by atoms with E-state index in [1.165, 1.54) is 6.26 Å². The van der Waals surface area contributed by atoms with Gasteiger partial charge < -0.3 is 5.11 Å². The van der Waals surface area contributed by atoms with E-state index in [-0.39, 0.29) is 16.6 Å². The number of sulfone groups is 1. The second-order valence-corrected chi connectivity index (χ2v) is 8.51. The summed E-state index contributed by atoms with van der Waals surface area (Å²) in [5.74, 6) is 0.133. The summed E-state index contributed by atoms with van der Waals surface area (Å²) in [6.45, 7) is 6.01. The Bertz CT molecular complexity index is 327. The van der Waals surface area contributed by atoms with Gasteiger partial charge in [0, 0.05) is 6.26 Å². The second kappa shape index (κ2) is 4.65. The van der Waals surface area contributed by atoms with E-state index in [0.29, 0.717) is 6.42 Å². The van der Waals surface area contributed by atoms with Crippen molar-refractivity contribution in [1.82, 2.24) is 0 Å². The zero-order valence-electron chi connectivity index (χ0n) is 10.7. The van der Waals surface area contributed by atoms with Gasteiger partial charge in [0.15, 0.2) is 0 Å². The summed E-state index contributed by atoms with van der Waals surface area (Å²) in [5.41, 5.74) is -0.163. The third-order valence-electron chi connectivity index (χ3n) is 3.61. The van der Waals surface area contributed by atoms with Crippen molar-refractivity contribution in [1.29, 1.82) is 0 Å². The summed E-state index contributed by atoms with van der Waals surface area (Å²) in [4.78, 5) is 0. The number of hydrogen-bond acceptors (Lipinski definition) is 3. The molecular weight excluding hydrogens is 224 g/mol. The molecule has 0 aromatic heterocycles. The van der Waals surface area contributed by atoms with E-state index in [2.05, 4.69) is 0 Å². The standard InChI is InChI=1S/C12H24O3S/c1-12(2,3)11(13)9-6-5-7-10(8-9)16(4,14)15/h9-11,13H,5-8H2,1-4H3. The minimum Gasteiger partial charge on any atom is -0.392 e. The molecule has 0 radical (unpaired) electrons. The molecule has 1 saturated carbocycles. The molecule has 3 atom stereocenters. The lowest BCUT2D eigenvalue weighted by Gasteiger charge is -2.37. The van der Waals surface area contributed by atoms with Gasteiger partial charge in [0.05, 0.1) is 11.4 Å². The minimum atomic E-state index is -2.95. The van der Waals surface area contributed by atoms with Crippen LogP contribution in [-0.4, -0.2) is 31.1 Å². The molecule has 1 rings (SSSR count). The van der Waals surface area contributed by atoms with Gasteiger partial charge in [0.2, 0.25) is 0 Å². The summed E-state index contributed by atoms with van der Waals surface area (Å²) >= 11 is 0. The highest BCUT2D eigenvalue weighted by Gasteiger charge is 2.36. The molecule has 96 valence electrons. The van der Waals surface area contributed by atoms with Crippen molar-refractivity contribution < 1.29 is 13.5 Å². The lowest BCUT2D eigenvalue weighted by Crippen LogP contribution is -2.39. The molecule has 3 nitrogen and oxygen atoms in total. The molecule has 16 heavy (non-hydrogen) atoms. The Morgan fingerprint density at radius 1 is 1.25 bits per heavy atom. The molecule has 0 heterocycles. The third-order valence-corrected chi connectivity index (χ3v) is 5.25. The van der Waals surface area contributed by atoms with Crippen molar-refractivity contribution in [3.05, 3.63) is 0 Å². The van der Waals surface area contributed by atoms with Gasteiger partial charge in [-0.25, -0.2) is 8.42 Å². The maximum absolute atomic E-state index is 11.5. The molecule has 0 aromatic carbocycles. The first-order valence-electron chi connectivity index (χ1n) is 5.99. The van der Waals surface area contributed by atoms with Crippen LogP contribution in [0.25, 0.3) is 0 Å². The molecule has 0 aliphatic heterocycles. The van der Waals surface area contributed by atoms with Gasteiger partial charge in [-0.2, -0.15) is 0 Å². The summed E-state index contributed by atoms with van der Waals surface area (Å²) < 4.78 is 23.0. The molecule has 1 aliphatic rings. The van der Waals surface area contributed by atoms with Gasteiger partial charge in [0.25, 0.3) is 0 Å². The van der Waals surface area contributed by atoms with E-state index in [0.717, 1.165) is 19.3 Å². The average molecular weight is 248 g/mol. The van der Waals surface area contributed by atoms with Gasteiger partial charge >= 0.3 is 0 Å².